The van der Waals surface area contributed by atoms with Crippen molar-refractivity contribution < 1.29 is 4.79 Å². The van der Waals surface area contributed by atoms with Gasteiger partial charge < -0.3 is 10.6 Å². The van der Waals surface area contributed by atoms with E-state index in [4.69, 9.17) is 5.73 Å². The van der Waals surface area contributed by atoms with Crippen molar-refractivity contribution in [3.63, 3.8) is 0 Å². The van der Waals surface area contributed by atoms with E-state index in [9.17, 15) is 4.79 Å². The Labute approximate surface area is 121 Å². The monoisotopic (exact) mass is 275 g/mol. The van der Waals surface area contributed by atoms with E-state index in [1.807, 2.05) is 30.0 Å². The van der Waals surface area contributed by atoms with E-state index in [1.54, 1.807) is 0 Å². The van der Waals surface area contributed by atoms with E-state index < -0.39 is 0 Å². The highest BCUT2D eigenvalue weighted by Gasteiger charge is 2.28. The molecule has 0 aliphatic carbocycles. The minimum atomic E-state index is 0.113. The lowest BCUT2D eigenvalue weighted by Gasteiger charge is -2.42. The summed E-state index contributed by atoms with van der Waals surface area (Å²) in [5.41, 5.74) is 8.41. The normalized spacial score (nSPS) is 17.3. The number of carbonyl (C=O) groups is 1. The second kappa shape index (κ2) is 5.44. The van der Waals surface area contributed by atoms with Gasteiger partial charge in [0.15, 0.2) is 0 Å². The highest BCUT2D eigenvalue weighted by atomic mass is 16.2. The Balaban J connectivity index is 2.03. The molecule has 0 atom stereocenters. The van der Waals surface area contributed by atoms with Gasteiger partial charge in [-0.2, -0.15) is 0 Å². The number of carbonyl (C=O) groups excluding carboxylic acids is 1. The summed E-state index contributed by atoms with van der Waals surface area (Å²) in [5, 5.41) is 0. The number of benzene rings is 1. The molecule has 0 saturated carbocycles. The van der Waals surface area contributed by atoms with Gasteiger partial charge in [0.2, 0.25) is 0 Å². The molecular weight excluding hydrogens is 250 g/mol. The summed E-state index contributed by atoms with van der Waals surface area (Å²) in [7, 11) is 0. The molecule has 0 radical (unpaired) electrons. The first kappa shape index (κ1) is 14.9. The van der Waals surface area contributed by atoms with Gasteiger partial charge in [0, 0.05) is 43.0 Å². The average Bonchev–Trinajstić information content (AvgIpc) is 2.40. The maximum atomic E-state index is 12.5. The molecule has 4 nitrogen and oxygen atoms in total. The lowest BCUT2D eigenvalue weighted by molar-refractivity contribution is 0.0451. The maximum Gasteiger partial charge on any atom is 0.253 e. The van der Waals surface area contributed by atoms with Gasteiger partial charge in [0.05, 0.1) is 0 Å². The second-order valence-electron chi connectivity index (χ2n) is 6.52. The van der Waals surface area contributed by atoms with E-state index >= 15 is 0 Å². The first-order chi connectivity index (χ1) is 9.29. The van der Waals surface area contributed by atoms with Crippen molar-refractivity contribution in [1.82, 2.24) is 9.80 Å². The first-order valence-electron chi connectivity index (χ1n) is 7.19. The van der Waals surface area contributed by atoms with E-state index in [-0.39, 0.29) is 11.4 Å². The van der Waals surface area contributed by atoms with Crippen LogP contribution in [0.1, 0.15) is 36.7 Å². The number of hydrogen-bond donors (Lipinski definition) is 1. The molecule has 2 rings (SSSR count). The molecule has 4 heteroatoms. The largest absolute Gasteiger partial charge is 0.399 e. The summed E-state index contributed by atoms with van der Waals surface area (Å²) < 4.78 is 0. The summed E-state index contributed by atoms with van der Waals surface area (Å²) in [6.07, 6.45) is 0. The molecule has 1 saturated heterocycles. The Morgan fingerprint density at radius 3 is 2.25 bits per heavy atom. The maximum absolute atomic E-state index is 12.5. The van der Waals surface area contributed by atoms with Gasteiger partial charge in [-0.05, 0) is 51.5 Å². The lowest BCUT2D eigenvalue weighted by atomic mass is 10.0. The van der Waals surface area contributed by atoms with Crippen LogP contribution in [-0.2, 0) is 0 Å². The molecule has 1 aromatic carbocycles. The number of amides is 1. The van der Waals surface area contributed by atoms with Gasteiger partial charge in [0.25, 0.3) is 5.91 Å². The summed E-state index contributed by atoms with van der Waals surface area (Å²) in [4.78, 5) is 16.8. The Bertz CT molecular complexity index is 497. The number of nitrogen functional groups attached to an aromatic ring is 1. The predicted octanol–water partition coefficient (Wildman–Crippen LogP) is 2.13. The summed E-state index contributed by atoms with van der Waals surface area (Å²) in [5.74, 6) is 0.113. The smallest absolute Gasteiger partial charge is 0.253 e. The third kappa shape index (κ3) is 3.12. The molecule has 0 bridgehead atoms. The van der Waals surface area contributed by atoms with Gasteiger partial charge in [0.1, 0.15) is 0 Å². The molecule has 0 unspecified atom stereocenters. The zero-order chi connectivity index (χ0) is 14.9. The molecule has 0 spiro atoms. The Morgan fingerprint density at radius 1 is 1.15 bits per heavy atom. The number of nitrogens with zero attached hydrogens (tertiary/aromatic N) is 2. The molecule has 1 fully saturated rings. The van der Waals surface area contributed by atoms with Crippen LogP contribution in [-0.4, -0.2) is 47.4 Å². The molecule has 20 heavy (non-hydrogen) atoms. The third-order valence-corrected chi connectivity index (χ3v) is 4.03. The van der Waals surface area contributed by atoms with Crippen LogP contribution in [0.4, 0.5) is 5.69 Å². The van der Waals surface area contributed by atoms with Crippen molar-refractivity contribution in [3.05, 3.63) is 29.3 Å². The van der Waals surface area contributed by atoms with E-state index in [0.29, 0.717) is 0 Å². The summed E-state index contributed by atoms with van der Waals surface area (Å²) >= 11 is 0. The molecule has 0 aromatic heterocycles. The van der Waals surface area contributed by atoms with Crippen LogP contribution in [0.15, 0.2) is 18.2 Å². The van der Waals surface area contributed by atoms with Crippen molar-refractivity contribution in [1.29, 1.82) is 0 Å². The lowest BCUT2D eigenvalue weighted by Crippen LogP contribution is -2.54. The van der Waals surface area contributed by atoms with Crippen LogP contribution in [0.2, 0.25) is 0 Å². The second-order valence-corrected chi connectivity index (χ2v) is 6.52. The van der Waals surface area contributed by atoms with Gasteiger partial charge in [-0.3, -0.25) is 9.69 Å². The average molecular weight is 275 g/mol. The van der Waals surface area contributed by atoms with Crippen molar-refractivity contribution >= 4 is 11.6 Å². The van der Waals surface area contributed by atoms with Crippen LogP contribution in [0.3, 0.4) is 0 Å². The number of aryl methyl sites for hydroxylation is 1. The molecule has 1 amide bonds. The minimum Gasteiger partial charge on any atom is -0.399 e. The standard InChI is InChI=1S/C16H25N3O/c1-12-11-13(5-6-14(12)17)15(20)18-7-9-19(10-8-18)16(2,3)4/h5-6,11H,7-10,17H2,1-4H3. The Hall–Kier alpha value is -1.55. The molecule has 1 aromatic rings. The molecular formula is C16H25N3O. The first-order valence-corrected chi connectivity index (χ1v) is 7.19. The topological polar surface area (TPSA) is 49.6 Å². The van der Waals surface area contributed by atoms with E-state index in [0.717, 1.165) is 43.0 Å². The highest BCUT2D eigenvalue weighted by Crippen LogP contribution is 2.18. The van der Waals surface area contributed by atoms with Gasteiger partial charge in [-0.25, -0.2) is 0 Å². The fraction of sp³-hybridized carbons (Fsp3) is 0.562. The van der Waals surface area contributed by atoms with Crippen molar-refractivity contribution in [2.75, 3.05) is 31.9 Å². The fourth-order valence-corrected chi connectivity index (χ4v) is 2.57. The Kier molecular flexibility index (Phi) is 4.04. The van der Waals surface area contributed by atoms with E-state index in [1.165, 1.54) is 0 Å². The van der Waals surface area contributed by atoms with Crippen LogP contribution in [0.25, 0.3) is 0 Å². The van der Waals surface area contributed by atoms with Crippen molar-refractivity contribution in [2.24, 2.45) is 0 Å². The predicted molar refractivity (Wildman–Crippen MR) is 82.8 cm³/mol. The number of nitrogens with two attached hydrogens (primary N) is 1. The number of hydrogen-bond acceptors (Lipinski definition) is 3. The molecule has 110 valence electrons. The van der Waals surface area contributed by atoms with Crippen molar-refractivity contribution in [3.8, 4) is 0 Å². The number of rotatable bonds is 1. The van der Waals surface area contributed by atoms with E-state index in [2.05, 4.69) is 25.7 Å². The molecule has 1 heterocycles. The van der Waals surface area contributed by atoms with Crippen LogP contribution < -0.4 is 5.73 Å². The summed E-state index contributed by atoms with van der Waals surface area (Å²) in [6, 6.07) is 5.52. The molecule has 2 N–H and O–H groups in total. The summed E-state index contributed by atoms with van der Waals surface area (Å²) in [6.45, 7) is 12.0. The van der Waals surface area contributed by atoms with Crippen LogP contribution in [0.5, 0.6) is 0 Å². The highest BCUT2D eigenvalue weighted by molar-refractivity contribution is 5.95. The number of anilines is 1. The zero-order valence-corrected chi connectivity index (χ0v) is 12.9. The molecule has 1 aliphatic heterocycles. The number of piperazine rings is 1. The fourth-order valence-electron chi connectivity index (χ4n) is 2.57. The minimum absolute atomic E-state index is 0.113. The Morgan fingerprint density at radius 2 is 1.75 bits per heavy atom. The zero-order valence-electron chi connectivity index (χ0n) is 12.9. The molecule has 1 aliphatic rings. The van der Waals surface area contributed by atoms with Gasteiger partial charge >= 0.3 is 0 Å². The van der Waals surface area contributed by atoms with Crippen LogP contribution in [0, 0.1) is 6.92 Å². The van der Waals surface area contributed by atoms with Crippen molar-refractivity contribution in [2.45, 2.75) is 33.2 Å². The van der Waals surface area contributed by atoms with Gasteiger partial charge in [-0.1, -0.05) is 0 Å². The quantitative estimate of drug-likeness (QED) is 0.799. The SMILES string of the molecule is Cc1cc(C(=O)N2CCN(C(C)(C)C)CC2)ccc1N. The van der Waals surface area contributed by atoms with Gasteiger partial charge in [-0.15, -0.1) is 0 Å². The van der Waals surface area contributed by atoms with Crippen LogP contribution >= 0.6 is 0 Å². The third-order valence-electron chi connectivity index (χ3n) is 4.03.